The molecule has 1 N–H and O–H groups in total. The standard InChI is InChI=1S/C14H18N6/c1-20-9-3-2-4-12(20)11-5-6-17-14(18-11)19-13-10-15-7-8-16-13/h5-8,10,12H,2-4,9H2,1H3,(H,16,17,18,19)/t12-/m1/s1. The molecule has 104 valence electrons. The van der Waals surface area contributed by atoms with Crippen LogP contribution in [0.25, 0.3) is 0 Å². The molecule has 1 saturated heterocycles. The van der Waals surface area contributed by atoms with Crippen molar-refractivity contribution in [2.75, 3.05) is 18.9 Å². The molecule has 2 aromatic heterocycles. The molecule has 0 aliphatic carbocycles. The molecule has 1 atom stereocenters. The van der Waals surface area contributed by atoms with Crippen LogP contribution in [0.5, 0.6) is 0 Å². The second-order valence-corrected chi connectivity index (χ2v) is 5.01. The minimum atomic E-state index is 0.383. The Bertz CT molecular complexity index is 559. The lowest BCUT2D eigenvalue weighted by molar-refractivity contribution is 0.183. The van der Waals surface area contributed by atoms with E-state index < -0.39 is 0 Å². The molecule has 3 heterocycles. The predicted octanol–water partition coefficient (Wildman–Crippen LogP) is 2.17. The maximum absolute atomic E-state index is 4.61. The van der Waals surface area contributed by atoms with Crippen molar-refractivity contribution < 1.29 is 0 Å². The molecular formula is C14H18N6. The molecule has 1 fully saturated rings. The van der Waals surface area contributed by atoms with E-state index in [2.05, 4.69) is 37.2 Å². The molecule has 0 spiro atoms. The van der Waals surface area contributed by atoms with Gasteiger partial charge in [-0.1, -0.05) is 6.42 Å². The van der Waals surface area contributed by atoms with E-state index in [1.54, 1.807) is 24.8 Å². The third kappa shape index (κ3) is 2.91. The quantitative estimate of drug-likeness (QED) is 0.922. The van der Waals surface area contributed by atoms with Crippen LogP contribution in [0, 0.1) is 0 Å². The number of piperidine rings is 1. The van der Waals surface area contributed by atoms with Crippen molar-refractivity contribution in [1.29, 1.82) is 0 Å². The lowest BCUT2D eigenvalue weighted by Gasteiger charge is -2.31. The molecule has 6 heteroatoms. The summed E-state index contributed by atoms with van der Waals surface area (Å²) in [4.78, 5) is 19.4. The van der Waals surface area contributed by atoms with E-state index in [0.717, 1.165) is 18.7 Å². The van der Waals surface area contributed by atoms with Crippen LogP contribution in [0.1, 0.15) is 31.0 Å². The molecule has 20 heavy (non-hydrogen) atoms. The van der Waals surface area contributed by atoms with Crippen LogP contribution in [0.3, 0.4) is 0 Å². The SMILES string of the molecule is CN1CCCC[C@@H]1c1ccnc(Nc2cnccn2)n1. The summed E-state index contributed by atoms with van der Waals surface area (Å²) >= 11 is 0. The molecule has 0 unspecified atom stereocenters. The molecule has 0 aromatic carbocycles. The van der Waals surface area contributed by atoms with Gasteiger partial charge in [-0.3, -0.25) is 9.88 Å². The number of nitrogens with one attached hydrogen (secondary N) is 1. The van der Waals surface area contributed by atoms with Crippen molar-refractivity contribution in [3.63, 3.8) is 0 Å². The van der Waals surface area contributed by atoms with Crippen molar-refractivity contribution >= 4 is 11.8 Å². The van der Waals surface area contributed by atoms with Crippen LogP contribution in [-0.2, 0) is 0 Å². The molecule has 6 nitrogen and oxygen atoms in total. The minimum absolute atomic E-state index is 0.383. The van der Waals surface area contributed by atoms with E-state index in [1.165, 1.54) is 12.8 Å². The minimum Gasteiger partial charge on any atom is -0.307 e. The van der Waals surface area contributed by atoms with Gasteiger partial charge in [0.05, 0.1) is 17.9 Å². The highest BCUT2D eigenvalue weighted by atomic mass is 15.2. The van der Waals surface area contributed by atoms with Crippen molar-refractivity contribution in [3.8, 4) is 0 Å². The fourth-order valence-electron chi connectivity index (χ4n) is 2.55. The summed E-state index contributed by atoms with van der Waals surface area (Å²) in [7, 11) is 2.15. The first-order chi connectivity index (χ1) is 9.83. The smallest absolute Gasteiger partial charge is 0.228 e. The summed E-state index contributed by atoms with van der Waals surface area (Å²) in [6.45, 7) is 1.13. The van der Waals surface area contributed by atoms with Crippen LogP contribution in [0.2, 0.25) is 0 Å². The summed E-state index contributed by atoms with van der Waals surface area (Å²) in [6.07, 6.45) is 10.4. The van der Waals surface area contributed by atoms with Gasteiger partial charge in [0.2, 0.25) is 5.95 Å². The van der Waals surface area contributed by atoms with Gasteiger partial charge < -0.3 is 5.32 Å². The lowest BCUT2D eigenvalue weighted by atomic mass is 10.00. The van der Waals surface area contributed by atoms with Gasteiger partial charge in [-0.2, -0.15) is 0 Å². The molecule has 2 aromatic rings. The van der Waals surface area contributed by atoms with Gasteiger partial charge in [0.15, 0.2) is 5.82 Å². The summed E-state index contributed by atoms with van der Waals surface area (Å²) < 4.78 is 0. The molecule has 1 aliphatic rings. The molecule has 3 rings (SSSR count). The van der Waals surface area contributed by atoms with E-state index >= 15 is 0 Å². The monoisotopic (exact) mass is 270 g/mol. The first-order valence-electron chi connectivity index (χ1n) is 6.89. The van der Waals surface area contributed by atoms with Crippen LogP contribution in [-0.4, -0.2) is 38.4 Å². The zero-order chi connectivity index (χ0) is 13.8. The molecule has 0 amide bonds. The van der Waals surface area contributed by atoms with Crippen LogP contribution >= 0.6 is 0 Å². The molecule has 0 radical (unpaired) electrons. The lowest BCUT2D eigenvalue weighted by Crippen LogP contribution is -2.30. The van der Waals surface area contributed by atoms with Gasteiger partial charge in [0.25, 0.3) is 0 Å². The van der Waals surface area contributed by atoms with Gasteiger partial charge in [-0.25, -0.2) is 15.0 Å². The van der Waals surface area contributed by atoms with Crippen molar-refractivity contribution in [1.82, 2.24) is 24.8 Å². The van der Waals surface area contributed by atoms with E-state index in [0.29, 0.717) is 17.8 Å². The average Bonchev–Trinajstić information content (AvgIpc) is 2.49. The maximum Gasteiger partial charge on any atom is 0.228 e. The Hall–Kier alpha value is -2.08. The van der Waals surface area contributed by atoms with Crippen LogP contribution in [0.15, 0.2) is 30.9 Å². The third-order valence-corrected chi connectivity index (χ3v) is 3.59. The van der Waals surface area contributed by atoms with E-state index in [1.807, 2.05) is 6.07 Å². The Morgan fingerprint density at radius 1 is 1.20 bits per heavy atom. The van der Waals surface area contributed by atoms with Crippen molar-refractivity contribution in [3.05, 3.63) is 36.5 Å². The first-order valence-corrected chi connectivity index (χ1v) is 6.89. The molecule has 0 saturated carbocycles. The highest BCUT2D eigenvalue weighted by Gasteiger charge is 2.22. The Kier molecular flexibility index (Phi) is 3.83. The van der Waals surface area contributed by atoms with Crippen molar-refractivity contribution in [2.45, 2.75) is 25.3 Å². The van der Waals surface area contributed by atoms with E-state index in [-0.39, 0.29) is 0 Å². The first kappa shape index (κ1) is 12.9. The van der Waals surface area contributed by atoms with Crippen LogP contribution in [0.4, 0.5) is 11.8 Å². The Morgan fingerprint density at radius 3 is 2.95 bits per heavy atom. The third-order valence-electron chi connectivity index (χ3n) is 3.59. The Morgan fingerprint density at radius 2 is 2.15 bits per heavy atom. The van der Waals surface area contributed by atoms with E-state index in [4.69, 9.17) is 0 Å². The second-order valence-electron chi connectivity index (χ2n) is 5.01. The number of anilines is 2. The number of likely N-dealkylation sites (tertiary alicyclic amines) is 1. The number of rotatable bonds is 3. The fourth-order valence-corrected chi connectivity index (χ4v) is 2.55. The fraction of sp³-hybridized carbons (Fsp3) is 0.429. The zero-order valence-corrected chi connectivity index (χ0v) is 11.5. The number of hydrogen-bond donors (Lipinski definition) is 1. The second kappa shape index (κ2) is 5.92. The largest absolute Gasteiger partial charge is 0.307 e. The van der Waals surface area contributed by atoms with Gasteiger partial charge in [-0.15, -0.1) is 0 Å². The summed E-state index contributed by atoms with van der Waals surface area (Å²) in [5, 5.41) is 3.08. The molecule has 0 bridgehead atoms. The summed E-state index contributed by atoms with van der Waals surface area (Å²) in [6, 6.07) is 2.38. The Labute approximate surface area is 118 Å². The highest BCUT2D eigenvalue weighted by molar-refractivity contribution is 5.45. The highest BCUT2D eigenvalue weighted by Crippen LogP contribution is 2.28. The molecule has 1 aliphatic heterocycles. The Balaban J connectivity index is 1.79. The van der Waals surface area contributed by atoms with Gasteiger partial charge in [0.1, 0.15) is 0 Å². The average molecular weight is 270 g/mol. The van der Waals surface area contributed by atoms with E-state index in [9.17, 15) is 0 Å². The van der Waals surface area contributed by atoms with Gasteiger partial charge >= 0.3 is 0 Å². The van der Waals surface area contributed by atoms with Gasteiger partial charge in [-0.05, 0) is 32.5 Å². The van der Waals surface area contributed by atoms with Crippen molar-refractivity contribution in [2.24, 2.45) is 0 Å². The molecular weight excluding hydrogens is 252 g/mol. The normalized spacial score (nSPS) is 19.8. The topological polar surface area (TPSA) is 66.8 Å². The van der Waals surface area contributed by atoms with Gasteiger partial charge in [0, 0.05) is 18.6 Å². The number of hydrogen-bond acceptors (Lipinski definition) is 6. The van der Waals surface area contributed by atoms with Crippen LogP contribution < -0.4 is 5.32 Å². The zero-order valence-electron chi connectivity index (χ0n) is 11.5. The summed E-state index contributed by atoms with van der Waals surface area (Å²) in [5.74, 6) is 1.23. The number of aromatic nitrogens is 4. The summed E-state index contributed by atoms with van der Waals surface area (Å²) in [5.41, 5.74) is 1.06. The predicted molar refractivity (Wildman–Crippen MR) is 76.6 cm³/mol. The maximum atomic E-state index is 4.61. The number of nitrogens with zero attached hydrogens (tertiary/aromatic N) is 5.